The molecule has 0 spiro atoms. The van der Waals surface area contributed by atoms with Gasteiger partial charge in [0.2, 0.25) is 0 Å². The fourth-order valence-corrected chi connectivity index (χ4v) is 3.44. The van der Waals surface area contributed by atoms with Crippen molar-refractivity contribution < 1.29 is 34.8 Å². The van der Waals surface area contributed by atoms with Crippen molar-refractivity contribution in [2.75, 3.05) is 14.2 Å². The molecule has 0 N–H and O–H groups in total. The predicted molar refractivity (Wildman–Crippen MR) is 64.8 cm³/mol. The molecule has 0 aromatic heterocycles. The summed E-state index contributed by atoms with van der Waals surface area (Å²) in [5.41, 5.74) is 0.576. The first kappa shape index (κ1) is 15.4. The van der Waals surface area contributed by atoms with Gasteiger partial charge < -0.3 is 0 Å². The van der Waals surface area contributed by atoms with E-state index in [9.17, 15) is 4.79 Å². The molecule has 5 heteroatoms. The van der Waals surface area contributed by atoms with E-state index >= 15 is 0 Å². The van der Waals surface area contributed by atoms with Crippen molar-refractivity contribution in [3.63, 3.8) is 0 Å². The first-order valence-electron chi connectivity index (χ1n) is 5.91. The van der Waals surface area contributed by atoms with Crippen LogP contribution in [-0.2, 0) is 30.0 Å². The quantitative estimate of drug-likeness (QED) is 0.571. The maximum atomic E-state index is 11.9. The summed E-state index contributed by atoms with van der Waals surface area (Å²) in [7, 11) is 3.29. The molecule has 1 unspecified atom stereocenters. The van der Waals surface area contributed by atoms with Crippen LogP contribution in [0.2, 0.25) is 4.73 Å². The molecule has 0 bridgehead atoms. The van der Waals surface area contributed by atoms with E-state index in [2.05, 4.69) is 0 Å². The van der Waals surface area contributed by atoms with Crippen LogP contribution in [0.4, 0.5) is 0 Å². The van der Waals surface area contributed by atoms with E-state index < -0.39 is 18.6 Å². The Morgan fingerprint density at radius 1 is 1.22 bits per heavy atom. The Hall–Kier alpha value is -0.676. The molecule has 1 aromatic carbocycles. The van der Waals surface area contributed by atoms with Crippen LogP contribution in [0.5, 0.6) is 0 Å². The summed E-state index contributed by atoms with van der Waals surface area (Å²) in [6.45, 7) is 1.99. The van der Waals surface area contributed by atoms with Gasteiger partial charge in [0.1, 0.15) is 0 Å². The molecule has 0 heterocycles. The summed E-state index contributed by atoms with van der Waals surface area (Å²) < 4.78 is 16.7. The summed E-state index contributed by atoms with van der Waals surface area (Å²) in [5, 5.41) is 0. The second-order valence-electron chi connectivity index (χ2n) is 3.79. The number of hydrogen-bond acceptors (Lipinski definition) is 4. The first-order valence-corrected chi connectivity index (χ1v) is 8.29. The van der Waals surface area contributed by atoms with Crippen LogP contribution in [-0.4, -0.2) is 26.3 Å². The second kappa shape index (κ2) is 8.43. The molecular weight excluding hydrogens is 268 g/mol. The minimum atomic E-state index is -1.97. The second-order valence-corrected chi connectivity index (χ2v) is 6.86. The number of ether oxygens (including phenoxy) is 1. The third kappa shape index (κ3) is 4.90. The molecule has 0 amide bonds. The van der Waals surface area contributed by atoms with Crippen LogP contribution in [0.25, 0.3) is 0 Å². The van der Waals surface area contributed by atoms with E-state index in [1.165, 1.54) is 0 Å². The topological polar surface area (TPSA) is 44.8 Å². The summed E-state index contributed by atoms with van der Waals surface area (Å²) in [4.78, 5) is 11.9. The van der Waals surface area contributed by atoms with E-state index in [0.717, 1.165) is 6.42 Å². The molecule has 0 aliphatic rings. The zero-order chi connectivity index (χ0) is 13.4. The molecule has 0 radical (unpaired) electrons. The Bertz CT molecular complexity index is 351. The van der Waals surface area contributed by atoms with Gasteiger partial charge in [-0.15, -0.1) is 0 Å². The molecule has 0 fully saturated rings. The number of rotatable bonds is 7. The van der Waals surface area contributed by atoms with Crippen LogP contribution in [0, 0.1) is 0 Å². The minimum absolute atomic E-state index is 0.132. The zero-order valence-corrected chi connectivity index (χ0v) is 12.6. The monoisotopic (exact) mass is 287 g/mol. The van der Waals surface area contributed by atoms with Gasteiger partial charge in [0, 0.05) is 0 Å². The molecule has 18 heavy (non-hydrogen) atoms. The van der Waals surface area contributed by atoms with Crippen LogP contribution in [0.1, 0.15) is 23.7 Å². The molecule has 0 aliphatic heterocycles. The molecule has 0 saturated carbocycles. The van der Waals surface area contributed by atoms with Crippen LogP contribution < -0.4 is 0 Å². The molecule has 4 nitrogen and oxygen atoms in total. The van der Waals surface area contributed by atoms with Gasteiger partial charge in [-0.3, -0.25) is 0 Å². The van der Waals surface area contributed by atoms with E-state index in [0.29, 0.717) is 10.3 Å². The van der Waals surface area contributed by atoms with Gasteiger partial charge in [-0.2, -0.15) is 0 Å². The van der Waals surface area contributed by atoms with Crippen molar-refractivity contribution >= 4 is 5.97 Å². The van der Waals surface area contributed by atoms with Crippen molar-refractivity contribution in [3.8, 4) is 0 Å². The molecule has 1 atom stereocenters. The molecular formula is C13H19O4Ti. The van der Waals surface area contributed by atoms with Crippen LogP contribution in [0.3, 0.4) is 0 Å². The summed E-state index contributed by atoms with van der Waals surface area (Å²) in [6, 6.07) is 9.01. The van der Waals surface area contributed by atoms with E-state index in [1.807, 2.05) is 25.1 Å². The normalized spacial score (nSPS) is 11.9. The molecule has 0 aliphatic carbocycles. The van der Waals surface area contributed by atoms with Gasteiger partial charge >= 0.3 is 115 Å². The van der Waals surface area contributed by atoms with E-state index in [-0.39, 0.29) is 12.1 Å². The van der Waals surface area contributed by atoms with Gasteiger partial charge in [-0.25, -0.2) is 0 Å². The van der Waals surface area contributed by atoms with Gasteiger partial charge in [0.05, 0.1) is 0 Å². The number of esters is 1. The number of carbonyl (C=O) groups is 1. The fourth-order valence-electron chi connectivity index (χ4n) is 1.50. The first-order chi connectivity index (χ1) is 8.71. The number of benzene rings is 1. The van der Waals surface area contributed by atoms with Crippen molar-refractivity contribution in [2.24, 2.45) is 0 Å². The van der Waals surface area contributed by atoms with Crippen molar-refractivity contribution in [3.05, 3.63) is 35.9 Å². The molecule has 1 rings (SSSR count). The molecule has 99 valence electrons. The SMILES string of the molecule is CCC([CH2][Ti]([O]C)[O]C)OC(=O)c1ccccc1. The molecule has 0 saturated heterocycles. The summed E-state index contributed by atoms with van der Waals surface area (Å²) in [6.07, 6.45) is 0.634. The fraction of sp³-hybridized carbons (Fsp3) is 0.462. The maximum absolute atomic E-state index is 11.9. The standard InChI is InChI=1S/C11H13O2.2CH3O.Ti/c1-3-9(2)13-11(12)10-7-5-4-6-8-10;2*1-2;/h4-9H,2-3H2,1H3;2*1H3;/q;2*-1;+2. The van der Waals surface area contributed by atoms with Crippen molar-refractivity contribution in [2.45, 2.75) is 24.2 Å². The van der Waals surface area contributed by atoms with Crippen molar-refractivity contribution in [1.82, 2.24) is 0 Å². The summed E-state index contributed by atoms with van der Waals surface area (Å²) in [5.74, 6) is -0.285. The molecule has 1 aromatic rings. The van der Waals surface area contributed by atoms with Crippen LogP contribution in [0.15, 0.2) is 30.3 Å². The Morgan fingerprint density at radius 3 is 2.33 bits per heavy atom. The Kier molecular flexibility index (Phi) is 7.20. The van der Waals surface area contributed by atoms with E-state index in [4.69, 9.17) is 11.4 Å². The van der Waals surface area contributed by atoms with E-state index in [1.54, 1.807) is 26.4 Å². The predicted octanol–water partition coefficient (Wildman–Crippen LogP) is 2.78. The van der Waals surface area contributed by atoms with Crippen molar-refractivity contribution in [1.29, 1.82) is 0 Å². The van der Waals surface area contributed by atoms with Gasteiger partial charge in [0.25, 0.3) is 0 Å². The Balaban J connectivity index is 2.55. The Labute approximate surface area is 115 Å². The number of carbonyl (C=O) groups excluding carboxylic acids is 1. The third-order valence-corrected chi connectivity index (χ3v) is 5.24. The third-order valence-electron chi connectivity index (χ3n) is 2.59. The van der Waals surface area contributed by atoms with Gasteiger partial charge in [0.15, 0.2) is 0 Å². The van der Waals surface area contributed by atoms with Gasteiger partial charge in [-0.1, -0.05) is 0 Å². The zero-order valence-electron chi connectivity index (χ0n) is 11.0. The summed E-state index contributed by atoms with van der Waals surface area (Å²) >= 11 is -1.97. The number of hydrogen-bond donors (Lipinski definition) is 0. The Morgan fingerprint density at radius 2 is 1.83 bits per heavy atom. The van der Waals surface area contributed by atoms with Gasteiger partial charge in [-0.05, 0) is 0 Å². The average molecular weight is 287 g/mol. The van der Waals surface area contributed by atoms with Crippen LogP contribution >= 0.6 is 0 Å². The average Bonchev–Trinajstić information content (AvgIpc) is 2.44.